The van der Waals surface area contributed by atoms with Gasteiger partial charge in [-0.05, 0) is 62.2 Å². The van der Waals surface area contributed by atoms with Crippen molar-refractivity contribution < 1.29 is 9.53 Å². The Morgan fingerprint density at radius 3 is 2.80 bits per heavy atom. The molecule has 0 saturated heterocycles. The topological polar surface area (TPSA) is 81.9 Å². The van der Waals surface area contributed by atoms with E-state index in [1.165, 1.54) is 11.8 Å². The minimum atomic E-state index is -0.327. The summed E-state index contributed by atoms with van der Waals surface area (Å²) in [5.41, 5.74) is 1.58. The molecular weight excluding hydrogens is 338 g/mol. The van der Waals surface area contributed by atoms with E-state index in [-0.39, 0.29) is 16.7 Å². The van der Waals surface area contributed by atoms with Crippen molar-refractivity contribution in [2.45, 2.75) is 57.0 Å². The van der Waals surface area contributed by atoms with Gasteiger partial charge in [-0.15, -0.1) is 5.10 Å². The molecule has 0 fully saturated rings. The van der Waals surface area contributed by atoms with Crippen LogP contribution >= 0.6 is 11.8 Å². The summed E-state index contributed by atoms with van der Waals surface area (Å²) in [6.07, 6.45) is 0.856. The second-order valence-corrected chi connectivity index (χ2v) is 7.84. The van der Waals surface area contributed by atoms with Crippen molar-refractivity contribution in [1.29, 1.82) is 0 Å². The lowest BCUT2D eigenvalue weighted by Crippen LogP contribution is -2.46. The smallest absolute Gasteiger partial charge is 0.233 e. The molecule has 136 valence electrons. The molecule has 0 radical (unpaired) electrons. The van der Waals surface area contributed by atoms with E-state index in [2.05, 4.69) is 20.8 Å². The first-order valence-corrected chi connectivity index (χ1v) is 9.07. The first kappa shape index (κ1) is 19.2. The Morgan fingerprint density at radius 2 is 2.16 bits per heavy atom. The number of aromatic nitrogens is 4. The summed E-state index contributed by atoms with van der Waals surface area (Å²) < 4.78 is 7.01. The molecule has 0 aliphatic heterocycles. The third-order valence-electron chi connectivity index (χ3n) is 4.00. The molecule has 1 N–H and O–H groups in total. The number of thioether (sulfide) groups is 1. The number of amides is 1. The van der Waals surface area contributed by atoms with Crippen molar-refractivity contribution in [3.8, 4) is 11.4 Å². The molecule has 0 aliphatic carbocycles. The SMILES string of the molecule is CCC(C)(C)NC(=O)C(C)Sc1nnnn1-c1cc(C)ccc1OC. The number of ether oxygens (including phenoxy) is 1. The number of hydrogen-bond donors (Lipinski definition) is 1. The van der Waals surface area contributed by atoms with E-state index in [0.717, 1.165) is 17.7 Å². The molecule has 1 heterocycles. The molecule has 1 aromatic carbocycles. The number of tetrazole rings is 1. The highest BCUT2D eigenvalue weighted by Gasteiger charge is 2.25. The third kappa shape index (κ3) is 4.72. The van der Waals surface area contributed by atoms with Crippen molar-refractivity contribution in [2.24, 2.45) is 0 Å². The second kappa shape index (κ2) is 7.86. The molecule has 1 atom stereocenters. The highest BCUT2D eigenvalue weighted by Crippen LogP contribution is 2.29. The predicted octanol–water partition coefficient (Wildman–Crippen LogP) is 2.76. The van der Waals surface area contributed by atoms with E-state index in [9.17, 15) is 4.79 Å². The van der Waals surface area contributed by atoms with E-state index in [1.54, 1.807) is 11.8 Å². The third-order valence-corrected chi connectivity index (χ3v) is 5.03. The van der Waals surface area contributed by atoms with Gasteiger partial charge in [0.25, 0.3) is 0 Å². The Morgan fingerprint density at radius 1 is 1.44 bits per heavy atom. The summed E-state index contributed by atoms with van der Waals surface area (Å²) in [4.78, 5) is 12.4. The van der Waals surface area contributed by atoms with Crippen molar-refractivity contribution >= 4 is 17.7 Å². The van der Waals surface area contributed by atoms with Crippen molar-refractivity contribution in [2.75, 3.05) is 7.11 Å². The van der Waals surface area contributed by atoms with E-state index < -0.39 is 0 Å². The molecule has 0 bridgehead atoms. The zero-order valence-electron chi connectivity index (χ0n) is 15.5. The number of hydrogen-bond acceptors (Lipinski definition) is 6. The maximum absolute atomic E-state index is 12.4. The molecular formula is C17H25N5O2S. The Balaban J connectivity index is 2.22. The molecule has 0 aliphatic rings. The highest BCUT2D eigenvalue weighted by molar-refractivity contribution is 8.00. The minimum absolute atomic E-state index is 0.0393. The zero-order valence-corrected chi connectivity index (χ0v) is 16.3. The summed E-state index contributed by atoms with van der Waals surface area (Å²) in [6.45, 7) is 9.89. The van der Waals surface area contributed by atoms with E-state index in [1.807, 2.05) is 52.8 Å². The van der Waals surface area contributed by atoms with Crippen LogP contribution in [0.3, 0.4) is 0 Å². The van der Waals surface area contributed by atoms with Crippen LogP contribution in [-0.4, -0.2) is 44.0 Å². The van der Waals surface area contributed by atoms with Gasteiger partial charge in [-0.1, -0.05) is 24.8 Å². The normalized spacial score (nSPS) is 12.7. The molecule has 1 aromatic heterocycles. The van der Waals surface area contributed by atoms with Crippen LogP contribution in [0.2, 0.25) is 0 Å². The standard InChI is InChI=1S/C17H25N5O2S/c1-7-17(4,5)18-15(23)12(3)25-16-19-20-21-22(16)13-10-11(2)8-9-14(13)24-6/h8-10,12H,7H2,1-6H3,(H,18,23). The van der Waals surface area contributed by atoms with Crippen LogP contribution in [-0.2, 0) is 4.79 Å². The summed E-state index contributed by atoms with van der Waals surface area (Å²) in [7, 11) is 1.61. The van der Waals surface area contributed by atoms with Crippen molar-refractivity contribution in [3.63, 3.8) is 0 Å². The van der Waals surface area contributed by atoms with Crippen molar-refractivity contribution in [3.05, 3.63) is 23.8 Å². The Hall–Kier alpha value is -2.09. The largest absolute Gasteiger partial charge is 0.494 e. The fraction of sp³-hybridized carbons (Fsp3) is 0.529. The molecule has 7 nitrogen and oxygen atoms in total. The molecule has 0 spiro atoms. The fourth-order valence-corrected chi connectivity index (χ4v) is 2.90. The van der Waals surface area contributed by atoms with Crippen LogP contribution in [0.5, 0.6) is 5.75 Å². The van der Waals surface area contributed by atoms with Gasteiger partial charge in [-0.25, -0.2) is 0 Å². The van der Waals surface area contributed by atoms with Gasteiger partial charge >= 0.3 is 0 Å². The predicted molar refractivity (Wildman–Crippen MR) is 98.3 cm³/mol. The van der Waals surface area contributed by atoms with Crippen LogP contribution in [0.25, 0.3) is 5.69 Å². The maximum atomic E-state index is 12.4. The van der Waals surface area contributed by atoms with Gasteiger partial charge in [-0.2, -0.15) is 4.68 Å². The highest BCUT2D eigenvalue weighted by atomic mass is 32.2. The van der Waals surface area contributed by atoms with Gasteiger partial charge in [0.15, 0.2) is 0 Å². The Bertz CT molecular complexity index is 744. The number of aryl methyl sites for hydroxylation is 1. The van der Waals surface area contributed by atoms with Gasteiger partial charge < -0.3 is 10.1 Å². The van der Waals surface area contributed by atoms with Gasteiger partial charge in [0.1, 0.15) is 11.4 Å². The van der Waals surface area contributed by atoms with E-state index >= 15 is 0 Å². The monoisotopic (exact) mass is 363 g/mol. The molecule has 0 saturated carbocycles. The van der Waals surface area contributed by atoms with E-state index in [4.69, 9.17) is 4.74 Å². The lowest BCUT2D eigenvalue weighted by Gasteiger charge is -2.26. The summed E-state index contributed by atoms with van der Waals surface area (Å²) in [5.74, 6) is 0.631. The number of nitrogens with zero attached hydrogens (tertiary/aromatic N) is 4. The number of benzene rings is 1. The van der Waals surface area contributed by atoms with Gasteiger partial charge in [0.05, 0.1) is 12.4 Å². The molecule has 2 rings (SSSR count). The van der Waals surface area contributed by atoms with Crippen molar-refractivity contribution in [1.82, 2.24) is 25.5 Å². The van der Waals surface area contributed by atoms with Crippen LogP contribution in [0.4, 0.5) is 0 Å². The first-order valence-electron chi connectivity index (χ1n) is 8.19. The van der Waals surface area contributed by atoms with Gasteiger partial charge in [-0.3, -0.25) is 4.79 Å². The molecule has 8 heteroatoms. The van der Waals surface area contributed by atoms with Gasteiger partial charge in [0, 0.05) is 5.54 Å². The van der Waals surface area contributed by atoms with Crippen LogP contribution < -0.4 is 10.1 Å². The Labute approximate surface area is 152 Å². The lowest BCUT2D eigenvalue weighted by atomic mass is 10.0. The number of rotatable bonds is 7. The number of nitrogens with one attached hydrogen (secondary N) is 1. The number of methoxy groups -OCH3 is 1. The molecule has 1 amide bonds. The van der Waals surface area contributed by atoms with Crippen LogP contribution in [0.1, 0.15) is 39.7 Å². The van der Waals surface area contributed by atoms with Crippen LogP contribution in [0.15, 0.2) is 23.4 Å². The Kier molecular flexibility index (Phi) is 6.05. The number of carbonyl (C=O) groups is 1. The number of carbonyl (C=O) groups excluding carboxylic acids is 1. The molecule has 1 unspecified atom stereocenters. The summed E-state index contributed by atoms with van der Waals surface area (Å²) in [5, 5.41) is 15.2. The zero-order chi connectivity index (χ0) is 18.6. The average Bonchev–Trinajstić information content (AvgIpc) is 3.02. The summed E-state index contributed by atoms with van der Waals surface area (Å²) >= 11 is 1.32. The van der Waals surface area contributed by atoms with Gasteiger partial charge in [0.2, 0.25) is 11.1 Å². The maximum Gasteiger partial charge on any atom is 0.233 e. The average molecular weight is 363 g/mol. The quantitative estimate of drug-likeness (QED) is 0.762. The second-order valence-electron chi connectivity index (χ2n) is 6.54. The molecule has 25 heavy (non-hydrogen) atoms. The van der Waals surface area contributed by atoms with E-state index in [0.29, 0.717) is 10.9 Å². The van der Waals surface area contributed by atoms with Crippen LogP contribution in [0, 0.1) is 6.92 Å². The minimum Gasteiger partial charge on any atom is -0.494 e. The molecule has 2 aromatic rings. The first-order chi connectivity index (χ1) is 11.8. The lowest BCUT2D eigenvalue weighted by molar-refractivity contribution is -0.121. The summed E-state index contributed by atoms with van der Waals surface area (Å²) in [6, 6.07) is 5.79. The fourth-order valence-electron chi connectivity index (χ4n) is 2.10.